The quantitative estimate of drug-likeness (QED) is 0.0890. The molecule has 0 aromatic heterocycles. The second kappa shape index (κ2) is 29.1. The van der Waals surface area contributed by atoms with Crippen molar-refractivity contribution in [3.63, 3.8) is 0 Å². The van der Waals surface area contributed by atoms with Crippen LogP contribution in [0.15, 0.2) is 0 Å². The maximum Gasteiger partial charge on any atom is 0.308 e. The number of hydrogen-bond acceptors (Lipinski definition) is 13. The Morgan fingerprint density at radius 1 is 0.425 bits per heavy atom. The van der Waals surface area contributed by atoms with E-state index in [9.17, 15) is 9.59 Å². The predicted octanol–water partition coefficient (Wildman–Crippen LogP) is 1.43. The molecule has 238 valence electrons. The van der Waals surface area contributed by atoms with Crippen LogP contribution in [-0.2, 0) is 61.7 Å². The average Bonchev–Trinajstić information content (AvgIpc) is 2.88. The summed E-state index contributed by atoms with van der Waals surface area (Å²) in [5.74, 6) is -0.581. The number of rotatable bonds is 30. The van der Waals surface area contributed by atoms with Crippen LogP contribution in [0, 0.1) is 0 Å². The lowest BCUT2D eigenvalue weighted by molar-refractivity contribution is -0.156. The van der Waals surface area contributed by atoms with Crippen molar-refractivity contribution in [3.8, 4) is 0 Å². The molecule has 0 atom stereocenters. The molecule has 13 nitrogen and oxygen atoms in total. The third-order valence-electron chi connectivity index (χ3n) is 4.38. The van der Waals surface area contributed by atoms with Gasteiger partial charge in [-0.2, -0.15) is 0 Å². The first-order chi connectivity index (χ1) is 19.3. The van der Waals surface area contributed by atoms with Gasteiger partial charge in [0.1, 0.15) is 12.2 Å². The van der Waals surface area contributed by atoms with E-state index in [0.717, 1.165) is 0 Å². The highest BCUT2D eigenvalue weighted by Crippen LogP contribution is 2.08. The summed E-state index contributed by atoms with van der Waals surface area (Å²) in [6.45, 7) is 15.3. The fourth-order valence-corrected chi connectivity index (χ4v) is 2.65. The zero-order chi connectivity index (χ0) is 29.6. The van der Waals surface area contributed by atoms with Crippen LogP contribution in [-0.4, -0.2) is 143 Å². The highest BCUT2D eigenvalue weighted by atomic mass is 16.6. The number of ether oxygens (including phenoxy) is 11. The van der Waals surface area contributed by atoms with Crippen molar-refractivity contribution in [1.82, 2.24) is 0 Å². The Morgan fingerprint density at radius 2 is 0.675 bits per heavy atom. The molecule has 0 amide bonds. The van der Waals surface area contributed by atoms with Crippen LogP contribution in [0.3, 0.4) is 0 Å². The molecule has 0 saturated carbocycles. The molecule has 0 rings (SSSR count). The summed E-state index contributed by atoms with van der Waals surface area (Å²) < 4.78 is 58.5. The van der Waals surface area contributed by atoms with Crippen LogP contribution >= 0.6 is 0 Å². The molecule has 0 aliphatic carbocycles. The van der Waals surface area contributed by atoms with Gasteiger partial charge in [0, 0.05) is 6.92 Å². The van der Waals surface area contributed by atoms with Gasteiger partial charge in [-0.15, -0.1) is 0 Å². The molecule has 13 heteroatoms. The molecule has 0 heterocycles. The van der Waals surface area contributed by atoms with Crippen molar-refractivity contribution in [2.75, 3.05) is 126 Å². The van der Waals surface area contributed by atoms with Gasteiger partial charge in [-0.3, -0.25) is 9.59 Å². The Morgan fingerprint density at radius 3 is 0.925 bits per heavy atom. The molecule has 0 saturated heterocycles. The third-order valence-corrected chi connectivity index (χ3v) is 4.38. The fraction of sp³-hybridized carbons (Fsp3) is 0.926. The van der Waals surface area contributed by atoms with Crippen LogP contribution < -0.4 is 0 Å². The number of carbonyl (C=O) groups is 2. The Bertz CT molecular complexity index is 569. The predicted molar refractivity (Wildman–Crippen MR) is 144 cm³/mol. The van der Waals surface area contributed by atoms with E-state index in [1.165, 1.54) is 6.92 Å². The van der Waals surface area contributed by atoms with E-state index in [0.29, 0.717) is 119 Å². The molecular weight excluding hydrogens is 532 g/mol. The maximum absolute atomic E-state index is 11.5. The summed E-state index contributed by atoms with van der Waals surface area (Å²) in [4.78, 5) is 22.1. The first kappa shape index (κ1) is 38.6. The lowest BCUT2D eigenvalue weighted by Gasteiger charge is -2.19. The van der Waals surface area contributed by atoms with Gasteiger partial charge in [0.15, 0.2) is 0 Å². The van der Waals surface area contributed by atoms with E-state index < -0.39 is 5.60 Å². The van der Waals surface area contributed by atoms with E-state index in [-0.39, 0.29) is 25.0 Å². The van der Waals surface area contributed by atoms with E-state index in [1.54, 1.807) is 0 Å². The highest BCUT2D eigenvalue weighted by molar-refractivity contribution is 5.69. The minimum atomic E-state index is -0.474. The summed E-state index contributed by atoms with van der Waals surface area (Å²) in [5, 5.41) is 0. The van der Waals surface area contributed by atoms with E-state index in [2.05, 4.69) is 0 Å². The Kier molecular flexibility index (Phi) is 28.1. The van der Waals surface area contributed by atoms with Crippen LogP contribution in [0.4, 0.5) is 0 Å². The molecule has 40 heavy (non-hydrogen) atoms. The zero-order valence-electron chi connectivity index (χ0n) is 24.9. The minimum Gasteiger partial charge on any atom is -0.463 e. The molecule has 0 fully saturated rings. The number of esters is 2. The number of carbonyl (C=O) groups excluding carboxylic acids is 2. The van der Waals surface area contributed by atoms with E-state index >= 15 is 0 Å². The Labute approximate surface area is 239 Å². The Balaban J connectivity index is 3.10. The van der Waals surface area contributed by atoms with Gasteiger partial charge >= 0.3 is 11.9 Å². The highest BCUT2D eigenvalue weighted by Gasteiger charge is 2.15. The molecule has 0 aliphatic heterocycles. The van der Waals surface area contributed by atoms with Crippen molar-refractivity contribution >= 4 is 11.9 Å². The van der Waals surface area contributed by atoms with Crippen molar-refractivity contribution < 1.29 is 61.7 Å². The summed E-state index contributed by atoms with van der Waals surface area (Å²) in [7, 11) is 0. The third kappa shape index (κ3) is 34.6. The molecule has 0 spiro atoms. The van der Waals surface area contributed by atoms with Gasteiger partial charge in [0.2, 0.25) is 0 Å². The van der Waals surface area contributed by atoms with Crippen molar-refractivity contribution in [3.05, 3.63) is 0 Å². The second-order valence-electron chi connectivity index (χ2n) is 9.19. The number of hydrogen-bond donors (Lipinski definition) is 0. The molecule has 0 aromatic carbocycles. The van der Waals surface area contributed by atoms with Crippen molar-refractivity contribution in [2.45, 2.75) is 39.7 Å². The molecule has 0 N–H and O–H groups in total. The molecule has 0 aromatic rings. The fourth-order valence-electron chi connectivity index (χ4n) is 2.65. The SMILES string of the molecule is CC(=O)OCCOCCOCCOCCOCCOCCOCCOCCOCCOCCC(=O)OC(C)(C)C. The van der Waals surface area contributed by atoms with Crippen molar-refractivity contribution in [2.24, 2.45) is 0 Å². The van der Waals surface area contributed by atoms with Gasteiger partial charge in [0.25, 0.3) is 0 Å². The van der Waals surface area contributed by atoms with Crippen molar-refractivity contribution in [1.29, 1.82) is 0 Å². The molecule has 0 bridgehead atoms. The van der Waals surface area contributed by atoms with Gasteiger partial charge in [-0.25, -0.2) is 0 Å². The topological polar surface area (TPSA) is 136 Å². The summed E-state index contributed by atoms with van der Waals surface area (Å²) in [5.41, 5.74) is -0.474. The Hall–Kier alpha value is -1.42. The van der Waals surface area contributed by atoms with Crippen LogP contribution in [0.2, 0.25) is 0 Å². The van der Waals surface area contributed by atoms with Crippen LogP contribution in [0.25, 0.3) is 0 Å². The summed E-state index contributed by atoms with van der Waals surface area (Å²) in [6, 6.07) is 0. The maximum atomic E-state index is 11.5. The first-order valence-electron chi connectivity index (χ1n) is 13.9. The molecular formula is C27H52O13. The summed E-state index contributed by atoms with van der Waals surface area (Å²) >= 11 is 0. The molecule has 0 unspecified atom stereocenters. The zero-order valence-corrected chi connectivity index (χ0v) is 24.9. The standard InChI is InChI=1S/C27H52O13/c1-25(28)39-24-23-38-22-21-37-20-19-36-18-17-35-16-15-34-14-13-33-12-11-32-10-9-31-8-7-30-6-5-26(29)40-27(2,3)4/h5-24H2,1-4H3. The minimum absolute atomic E-state index is 0.230. The smallest absolute Gasteiger partial charge is 0.308 e. The summed E-state index contributed by atoms with van der Waals surface area (Å²) in [6.07, 6.45) is 0.230. The lowest BCUT2D eigenvalue weighted by Crippen LogP contribution is -2.24. The molecule has 0 aliphatic rings. The average molecular weight is 585 g/mol. The largest absolute Gasteiger partial charge is 0.463 e. The second-order valence-corrected chi connectivity index (χ2v) is 9.19. The van der Waals surface area contributed by atoms with E-state index in [1.807, 2.05) is 20.8 Å². The van der Waals surface area contributed by atoms with Crippen LogP contribution in [0.1, 0.15) is 34.1 Å². The van der Waals surface area contributed by atoms with Crippen LogP contribution in [0.5, 0.6) is 0 Å². The van der Waals surface area contributed by atoms with E-state index in [4.69, 9.17) is 52.1 Å². The van der Waals surface area contributed by atoms with Gasteiger partial charge in [-0.05, 0) is 20.8 Å². The monoisotopic (exact) mass is 584 g/mol. The molecule has 0 radical (unpaired) electrons. The van der Waals surface area contributed by atoms with Gasteiger partial charge < -0.3 is 52.1 Å². The van der Waals surface area contributed by atoms with Gasteiger partial charge in [0.05, 0.1) is 125 Å². The first-order valence-corrected chi connectivity index (χ1v) is 13.9. The van der Waals surface area contributed by atoms with Gasteiger partial charge in [-0.1, -0.05) is 0 Å². The lowest BCUT2D eigenvalue weighted by atomic mass is 10.2. The normalized spacial score (nSPS) is 11.6.